The normalized spacial score (nSPS) is 16.2. The molecule has 1 heterocycles. The van der Waals surface area contributed by atoms with Gasteiger partial charge in [-0.05, 0) is 42.3 Å². The van der Waals surface area contributed by atoms with Gasteiger partial charge >= 0.3 is 0 Å². The molecule has 1 fully saturated rings. The summed E-state index contributed by atoms with van der Waals surface area (Å²) in [6.45, 7) is 2.51. The molecule has 1 aliphatic heterocycles. The molecule has 2 amide bonds. The number of carbonyl (C=O) groups is 2. The standard InChI is InChI=1S/C22H25F2N3O2/c1-15(28)26-13-16-11-22(29)27(14-16)19-7-8-20(21(24)12-19)17-3-5-18(6-4-17)25-10-2-9-23/h3-8,12,16,25H,2,9-11,13-14H2,1H3,(H,26,28). The average molecular weight is 401 g/mol. The van der Waals surface area contributed by atoms with Gasteiger partial charge < -0.3 is 15.5 Å². The van der Waals surface area contributed by atoms with E-state index in [9.17, 15) is 18.4 Å². The van der Waals surface area contributed by atoms with E-state index in [4.69, 9.17) is 0 Å². The van der Waals surface area contributed by atoms with Gasteiger partial charge in [-0.1, -0.05) is 12.1 Å². The van der Waals surface area contributed by atoms with Crippen LogP contribution in [0.15, 0.2) is 42.5 Å². The number of nitrogens with zero attached hydrogens (tertiary/aromatic N) is 1. The maximum atomic E-state index is 14.8. The molecule has 29 heavy (non-hydrogen) atoms. The van der Waals surface area contributed by atoms with Crippen molar-refractivity contribution < 1.29 is 18.4 Å². The van der Waals surface area contributed by atoms with Gasteiger partial charge in [0.25, 0.3) is 0 Å². The number of anilines is 2. The lowest BCUT2D eigenvalue weighted by Gasteiger charge is -2.18. The summed E-state index contributed by atoms with van der Waals surface area (Å²) in [6.07, 6.45) is 0.777. The van der Waals surface area contributed by atoms with Gasteiger partial charge in [0.1, 0.15) is 5.82 Å². The zero-order chi connectivity index (χ0) is 20.8. The second-order valence-electron chi connectivity index (χ2n) is 7.22. The predicted octanol–water partition coefficient (Wildman–Crippen LogP) is 3.75. The summed E-state index contributed by atoms with van der Waals surface area (Å²) in [5.41, 5.74) is 2.55. The molecule has 0 aliphatic carbocycles. The first kappa shape index (κ1) is 20.8. The predicted molar refractivity (Wildman–Crippen MR) is 110 cm³/mol. The second-order valence-corrected chi connectivity index (χ2v) is 7.22. The summed E-state index contributed by atoms with van der Waals surface area (Å²) in [5.74, 6) is -0.587. The Morgan fingerprint density at radius 2 is 1.97 bits per heavy atom. The molecule has 1 aliphatic rings. The van der Waals surface area contributed by atoms with Crippen LogP contribution >= 0.6 is 0 Å². The molecular formula is C22H25F2N3O2. The molecule has 7 heteroatoms. The van der Waals surface area contributed by atoms with Crippen LogP contribution < -0.4 is 15.5 Å². The summed E-state index contributed by atoms with van der Waals surface area (Å²) in [5, 5.41) is 5.83. The number of benzene rings is 2. The number of hydrogen-bond donors (Lipinski definition) is 2. The molecule has 0 bridgehead atoms. The van der Waals surface area contributed by atoms with Crippen LogP contribution in [0.2, 0.25) is 0 Å². The maximum Gasteiger partial charge on any atom is 0.227 e. The van der Waals surface area contributed by atoms with Crippen LogP contribution in [0, 0.1) is 11.7 Å². The third kappa shape index (κ3) is 5.31. The highest BCUT2D eigenvalue weighted by atomic mass is 19.1. The fourth-order valence-electron chi connectivity index (χ4n) is 3.43. The number of hydrogen-bond acceptors (Lipinski definition) is 3. The molecule has 0 spiro atoms. The Balaban J connectivity index is 1.68. The molecule has 0 aromatic heterocycles. The van der Waals surface area contributed by atoms with Crippen molar-refractivity contribution in [1.29, 1.82) is 0 Å². The summed E-state index contributed by atoms with van der Waals surface area (Å²) < 4.78 is 26.9. The first-order valence-electron chi connectivity index (χ1n) is 9.72. The third-order valence-corrected chi connectivity index (χ3v) is 4.94. The van der Waals surface area contributed by atoms with Crippen LogP contribution in [0.1, 0.15) is 19.8 Å². The van der Waals surface area contributed by atoms with E-state index in [0.717, 1.165) is 11.3 Å². The smallest absolute Gasteiger partial charge is 0.227 e. The SMILES string of the molecule is CC(=O)NCC1CC(=O)N(c2ccc(-c3ccc(NCCCF)cc3)c(F)c2)C1. The molecule has 1 unspecified atom stereocenters. The van der Waals surface area contributed by atoms with Crippen molar-refractivity contribution in [2.75, 3.05) is 36.5 Å². The van der Waals surface area contributed by atoms with Gasteiger partial charge in [0.05, 0.1) is 6.67 Å². The Labute approximate surface area is 169 Å². The van der Waals surface area contributed by atoms with E-state index >= 15 is 0 Å². The lowest BCUT2D eigenvalue weighted by Crippen LogP contribution is -2.29. The third-order valence-electron chi connectivity index (χ3n) is 4.94. The van der Waals surface area contributed by atoms with Gasteiger partial charge in [0, 0.05) is 55.8 Å². The number of carbonyl (C=O) groups excluding carboxylic acids is 2. The molecule has 0 radical (unpaired) electrons. The van der Waals surface area contributed by atoms with E-state index in [1.54, 1.807) is 29.2 Å². The van der Waals surface area contributed by atoms with Gasteiger partial charge in [-0.2, -0.15) is 0 Å². The highest BCUT2D eigenvalue weighted by Crippen LogP contribution is 2.30. The van der Waals surface area contributed by atoms with Crippen molar-refractivity contribution in [3.05, 3.63) is 48.3 Å². The van der Waals surface area contributed by atoms with E-state index in [2.05, 4.69) is 10.6 Å². The fourth-order valence-corrected chi connectivity index (χ4v) is 3.43. The van der Waals surface area contributed by atoms with Crippen LogP contribution in [-0.4, -0.2) is 38.1 Å². The Bertz CT molecular complexity index is 871. The van der Waals surface area contributed by atoms with Gasteiger partial charge in [-0.15, -0.1) is 0 Å². The number of nitrogens with one attached hydrogen (secondary N) is 2. The van der Waals surface area contributed by atoms with Crippen molar-refractivity contribution in [3.63, 3.8) is 0 Å². The molecule has 3 rings (SSSR count). The van der Waals surface area contributed by atoms with Gasteiger partial charge in [0.2, 0.25) is 11.8 Å². The average Bonchev–Trinajstić information content (AvgIpc) is 3.08. The van der Waals surface area contributed by atoms with E-state index in [0.29, 0.717) is 43.7 Å². The number of alkyl halides is 1. The quantitative estimate of drug-likeness (QED) is 0.663. The van der Waals surface area contributed by atoms with Crippen LogP contribution in [0.3, 0.4) is 0 Å². The number of halogens is 2. The van der Waals surface area contributed by atoms with Crippen molar-refractivity contribution in [1.82, 2.24) is 5.32 Å². The van der Waals surface area contributed by atoms with Crippen molar-refractivity contribution >= 4 is 23.2 Å². The lowest BCUT2D eigenvalue weighted by molar-refractivity contribution is -0.120. The molecule has 2 N–H and O–H groups in total. The molecule has 2 aromatic rings. The topological polar surface area (TPSA) is 61.4 Å². The van der Waals surface area contributed by atoms with Crippen molar-refractivity contribution in [3.8, 4) is 11.1 Å². The summed E-state index contributed by atoms with van der Waals surface area (Å²) in [4.78, 5) is 24.9. The van der Waals surface area contributed by atoms with Gasteiger partial charge in [-0.3, -0.25) is 14.0 Å². The minimum atomic E-state index is -0.404. The molecule has 154 valence electrons. The molecule has 0 saturated carbocycles. The number of amides is 2. The van der Waals surface area contributed by atoms with Gasteiger partial charge in [0.15, 0.2) is 0 Å². The van der Waals surface area contributed by atoms with E-state index in [-0.39, 0.29) is 24.4 Å². The summed E-state index contributed by atoms with van der Waals surface area (Å²) >= 11 is 0. The second kappa shape index (κ2) is 9.49. The molecule has 5 nitrogen and oxygen atoms in total. The first-order chi connectivity index (χ1) is 14.0. The molecule has 1 atom stereocenters. The van der Waals surface area contributed by atoms with E-state index < -0.39 is 5.82 Å². The Kier molecular flexibility index (Phi) is 6.80. The highest BCUT2D eigenvalue weighted by Gasteiger charge is 2.31. The Morgan fingerprint density at radius 3 is 2.62 bits per heavy atom. The Morgan fingerprint density at radius 1 is 1.21 bits per heavy atom. The fraction of sp³-hybridized carbons (Fsp3) is 0.364. The van der Waals surface area contributed by atoms with Crippen LogP contribution in [0.4, 0.5) is 20.2 Å². The largest absolute Gasteiger partial charge is 0.385 e. The van der Waals surface area contributed by atoms with Crippen molar-refractivity contribution in [2.24, 2.45) is 5.92 Å². The molecule has 1 saturated heterocycles. The number of rotatable bonds is 8. The zero-order valence-corrected chi connectivity index (χ0v) is 16.4. The maximum absolute atomic E-state index is 14.8. The first-order valence-corrected chi connectivity index (χ1v) is 9.72. The van der Waals surface area contributed by atoms with Gasteiger partial charge in [-0.25, -0.2) is 4.39 Å². The highest BCUT2D eigenvalue weighted by molar-refractivity contribution is 5.96. The van der Waals surface area contributed by atoms with Crippen LogP contribution in [0.5, 0.6) is 0 Å². The molecular weight excluding hydrogens is 376 g/mol. The summed E-state index contributed by atoms with van der Waals surface area (Å²) in [7, 11) is 0. The minimum Gasteiger partial charge on any atom is -0.385 e. The van der Waals surface area contributed by atoms with Crippen LogP contribution in [0.25, 0.3) is 11.1 Å². The monoisotopic (exact) mass is 401 g/mol. The molecule has 2 aromatic carbocycles. The zero-order valence-electron chi connectivity index (χ0n) is 16.4. The van der Waals surface area contributed by atoms with E-state index in [1.165, 1.54) is 13.0 Å². The van der Waals surface area contributed by atoms with E-state index in [1.807, 2.05) is 12.1 Å². The lowest BCUT2D eigenvalue weighted by atomic mass is 10.0. The summed E-state index contributed by atoms with van der Waals surface area (Å²) in [6, 6.07) is 12.1. The van der Waals surface area contributed by atoms with Crippen LogP contribution in [-0.2, 0) is 9.59 Å². The Hall–Kier alpha value is -2.96. The van der Waals surface area contributed by atoms with Crippen molar-refractivity contribution in [2.45, 2.75) is 19.8 Å². The minimum absolute atomic E-state index is 0.0200.